The molecule has 2 aromatic rings. The Hall–Kier alpha value is -2.62. The summed E-state index contributed by atoms with van der Waals surface area (Å²) in [5, 5.41) is 5.18. The molecule has 0 fully saturated rings. The monoisotopic (exact) mass is 270 g/mol. The largest absolute Gasteiger partial charge is 0.323 e. The smallest absolute Gasteiger partial charge is 0.314 e. The quantitative estimate of drug-likeness (QED) is 0.871. The van der Waals surface area contributed by atoms with Crippen LogP contribution >= 0.6 is 0 Å². The fraction of sp³-hybridized carbons (Fsp3) is 0.0625. The molecule has 102 valence electrons. The van der Waals surface area contributed by atoms with Crippen LogP contribution in [0, 0.1) is 12.7 Å². The highest BCUT2D eigenvalue weighted by Crippen LogP contribution is 2.08. The lowest BCUT2D eigenvalue weighted by atomic mass is 10.1. The van der Waals surface area contributed by atoms with Gasteiger partial charge in [-0.1, -0.05) is 29.8 Å². The fourth-order valence-corrected chi connectivity index (χ4v) is 1.59. The fourth-order valence-electron chi connectivity index (χ4n) is 1.59. The molecule has 2 aromatic carbocycles. The Kier molecular flexibility index (Phi) is 4.50. The second kappa shape index (κ2) is 6.52. The minimum atomic E-state index is -0.375. The number of urea groups is 1. The van der Waals surface area contributed by atoms with Crippen molar-refractivity contribution in [1.29, 1.82) is 0 Å². The average molecular weight is 270 g/mol. The Bertz CT molecular complexity index is 603. The van der Waals surface area contributed by atoms with Gasteiger partial charge in [-0.05, 0) is 42.8 Å². The molecule has 0 aromatic heterocycles. The molecule has 0 saturated heterocycles. The van der Waals surface area contributed by atoms with Crippen LogP contribution in [0.3, 0.4) is 0 Å². The molecule has 0 aliphatic rings. The summed E-state index contributed by atoms with van der Waals surface area (Å²) in [5.74, 6) is -0.338. The van der Waals surface area contributed by atoms with Crippen LogP contribution in [0.2, 0.25) is 0 Å². The summed E-state index contributed by atoms with van der Waals surface area (Å²) in [6.45, 7) is 2.02. The first kappa shape index (κ1) is 13.8. The van der Waals surface area contributed by atoms with E-state index in [1.54, 1.807) is 12.3 Å². The van der Waals surface area contributed by atoms with E-state index in [4.69, 9.17) is 0 Å². The molecule has 0 saturated carbocycles. The van der Waals surface area contributed by atoms with Gasteiger partial charge in [-0.3, -0.25) is 0 Å². The highest BCUT2D eigenvalue weighted by atomic mass is 19.1. The van der Waals surface area contributed by atoms with Crippen LogP contribution in [0.15, 0.2) is 54.7 Å². The van der Waals surface area contributed by atoms with E-state index in [2.05, 4.69) is 10.6 Å². The van der Waals surface area contributed by atoms with Gasteiger partial charge in [0, 0.05) is 11.9 Å². The number of nitrogens with one attached hydrogen (secondary N) is 2. The summed E-state index contributed by atoms with van der Waals surface area (Å²) in [6, 6.07) is 13.1. The molecular weight excluding hydrogens is 255 g/mol. The SMILES string of the molecule is Cc1ccc(/C=C/NC(=O)Nc2ccc(F)cc2)cc1. The standard InChI is InChI=1S/C16H15FN2O/c1-12-2-4-13(5-3-12)10-11-18-16(20)19-15-8-6-14(17)7-9-15/h2-11H,1H3,(H2,18,19,20)/b11-10+. The number of rotatable bonds is 3. The molecule has 0 heterocycles. The Balaban J connectivity index is 1.85. The number of benzene rings is 2. The van der Waals surface area contributed by atoms with E-state index in [-0.39, 0.29) is 11.8 Å². The molecule has 0 bridgehead atoms. The number of carbonyl (C=O) groups is 1. The van der Waals surface area contributed by atoms with Gasteiger partial charge in [0.15, 0.2) is 0 Å². The van der Waals surface area contributed by atoms with Crippen molar-refractivity contribution in [2.24, 2.45) is 0 Å². The van der Waals surface area contributed by atoms with Crippen molar-refractivity contribution in [3.8, 4) is 0 Å². The van der Waals surface area contributed by atoms with Gasteiger partial charge in [-0.25, -0.2) is 9.18 Å². The van der Waals surface area contributed by atoms with E-state index in [0.29, 0.717) is 5.69 Å². The minimum absolute atomic E-state index is 0.338. The number of amides is 2. The van der Waals surface area contributed by atoms with E-state index < -0.39 is 0 Å². The molecule has 0 unspecified atom stereocenters. The zero-order valence-electron chi connectivity index (χ0n) is 11.1. The predicted molar refractivity (Wildman–Crippen MR) is 78.8 cm³/mol. The third kappa shape index (κ3) is 4.24. The molecule has 2 amide bonds. The normalized spacial score (nSPS) is 10.5. The minimum Gasteiger partial charge on any atom is -0.314 e. The molecule has 0 radical (unpaired) electrons. The average Bonchev–Trinajstić information content (AvgIpc) is 2.44. The van der Waals surface area contributed by atoms with E-state index in [1.165, 1.54) is 29.8 Å². The van der Waals surface area contributed by atoms with Crippen molar-refractivity contribution < 1.29 is 9.18 Å². The van der Waals surface area contributed by atoms with E-state index in [9.17, 15) is 9.18 Å². The summed E-state index contributed by atoms with van der Waals surface area (Å²) in [6.07, 6.45) is 3.35. The summed E-state index contributed by atoms with van der Waals surface area (Å²) >= 11 is 0. The van der Waals surface area contributed by atoms with Gasteiger partial charge in [0.25, 0.3) is 0 Å². The maximum absolute atomic E-state index is 12.7. The lowest BCUT2D eigenvalue weighted by Crippen LogP contribution is -2.23. The van der Waals surface area contributed by atoms with Gasteiger partial charge < -0.3 is 10.6 Å². The highest BCUT2D eigenvalue weighted by Gasteiger charge is 1.98. The molecule has 2 rings (SSSR count). The number of hydrogen-bond donors (Lipinski definition) is 2. The number of anilines is 1. The van der Waals surface area contributed by atoms with Crippen LogP contribution in [-0.4, -0.2) is 6.03 Å². The first-order valence-electron chi connectivity index (χ1n) is 6.20. The number of carbonyl (C=O) groups excluding carboxylic acids is 1. The zero-order valence-corrected chi connectivity index (χ0v) is 11.1. The van der Waals surface area contributed by atoms with Gasteiger partial charge in [-0.2, -0.15) is 0 Å². The van der Waals surface area contributed by atoms with Crippen LogP contribution in [0.5, 0.6) is 0 Å². The predicted octanol–water partition coefficient (Wildman–Crippen LogP) is 3.93. The molecule has 4 heteroatoms. The molecule has 0 atom stereocenters. The van der Waals surface area contributed by atoms with Crippen LogP contribution < -0.4 is 10.6 Å². The molecule has 0 spiro atoms. The zero-order chi connectivity index (χ0) is 14.4. The van der Waals surface area contributed by atoms with Gasteiger partial charge in [0.2, 0.25) is 0 Å². The Morgan fingerprint density at radius 2 is 1.70 bits per heavy atom. The van der Waals surface area contributed by atoms with Gasteiger partial charge in [0.05, 0.1) is 0 Å². The first-order valence-corrected chi connectivity index (χ1v) is 6.20. The van der Waals surface area contributed by atoms with Gasteiger partial charge >= 0.3 is 6.03 Å². The second-order valence-corrected chi connectivity index (χ2v) is 4.35. The lowest BCUT2D eigenvalue weighted by molar-refractivity contribution is 0.255. The third-order valence-corrected chi connectivity index (χ3v) is 2.67. The topological polar surface area (TPSA) is 41.1 Å². The highest BCUT2D eigenvalue weighted by molar-refractivity contribution is 5.90. The maximum Gasteiger partial charge on any atom is 0.323 e. The molecule has 3 nitrogen and oxygen atoms in total. The summed E-state index contributed by atoms with van der Waals surface area (Å²) in [7, 11) is 0. The molecule has 2 N–H and O–H groups in total. The number of hydrogen-bond acceptors (Lipinski definition) is 1. The van der Waals surface area contributed by atoms with Crippen molar-refractivity contribution >= 4 is 17.8 Å². The van der Waals surface area contributed by atoms with Crippen LogP contribution in [0.4, 0.5) is 14.9 Å². The van der Waals surface area contributed by atoms with Crippen molar-refractivity contribution in [2.45, 2.75) is 6.92 Å². The number of halogens is 1. The summed E-state index contributed by atoms with van der Waals surface area (Å²) in [5.41, 5.74) is 2.72. The third-order valence-electron chi connectivity index (χ3n) is 2.67. The van der Waals surface area contributed by atoms with E-state index >= 15 is 0 Å². The maximum atomic E-state index is 12.7. The molecular formula is C16H15FN2O. The van der Waals surface area contributed by atoms with Crippen molar-refractivity contribution in [3.63, 3.8) is 0 Å². The van der Waals surface area contributed by atoms with Crippen molar-refractivity contribution in [3.05, 3.63) is 71.7 Å². The van der Waals surface area contributed by atoms with E-state index in [1.807, 2.05) is 31.2 Å². The van der Waals surface area contributed by atoms with Crippen LogP contribution in [0.25, 0.3) is 6.08 Å². The van der Waals surface area contributed by atoms with Crippen molar-refractivity contribution in [2.75, 3.05) is 5.32 Å². The van der Waals surface area contributed by atoms with Gasteiger partial charge in [0.1, 0.15) is 5.82 Å². The number of aryl methyl sites for hydroxylation is 1. The molecule has 0 aliphatic heterocycles. The van der Waals surface area contributed by atoms with Crippen LogP contribution in [-0.2, 0) is 0 Å². The summed E-state index contributed by atoms with van der Waals surface area (Å²) < 4.78 is 12.7. The first-order chi connectivity index (χ1) is 9.63. The second-order valence-electron chi connectivity index (χ2n) is 4.35. The lowest BCUT2D eigenvalue weighted by Gasteiger charge is -2.04. The Labute approximate surface area is 117 Å². The molecule has 0 aliphatic carbocycles. The summed E-state index contributed by atoms with van der Waals surface area (Å²) in [4.78, 5) is 11.6. The van der Waals surface area contributed by atoms with Crippen LogP contribution in [0.1, 0.15) is 11.1 Å². The Morgan fingerprint density at radius 1 is 1.05 bits per heavy atom. The van der Waals surface area contributed by atoms with E-state index in [0.717, 1.165) is 5.56 Å². The molecule has 20 heavy (non-hydrogen) atoms. The van der Waals surface area contributed by atoms with Crippen molar-refractivity contribution in [1.82, 2.24) is 5.32 Å². The Morgan fingerprint density at radius 3 is 2.35 bits per heavy atom. The van der Waals surface area contributed by atoms with Gasteiger partial charge in [-0.15, -0.1) is 0 Å².